The van der Waals surface area contributed by atoms with Crippen LogP contribution in [0.3, 0.4) is 0 Å². The van der Waals surface area contributed by atoms with Gasteiger partial charge in [0.2, 0.25) is 5.91 Å². The van der Waals surface area contributed by atoms with Gasteiger partial charge >= 0.3 is 0 Å². The van der Waals surface area contributed by atoms with Crippen LogP contribution in [0, 0.1) is 0 Å². The highest BCUT2D eigenvalue weighted by Gasteiger charge is 2.25. The predicted octanol–water partition coefficient (Wildman–Crippen LogP) is 4.99. The normalized spacial score (nSPS) is 16.2. The average Bonchev–Trinajstić information content (AvgIpc) is 3.67. The highest BCUT2D eigenvalue weighted by atomic mass is 35.5. The lowest BCUT2D eigenvalue weighted by Crippen LogP contribution is -2.28. The summed E-state index contributed by atoms with van der Waals surface area (Å²) in [5, 5.41) is 5.15. The molecule has 0 radical (unpaired) electrons. The largest absolute Gasteiger partial charge is 0.359 e. The minimum Gasteiger partial charge on any atom is -0.359 e. The number of likely N-dealkylation sites (tertiary alicyclic amines) is 1. The molecule has 2 N–H and O–H groups in total. The molecule has 1 fully saturated rings. The Kier molecular flexibility index (Phi) is 6.63. The molecule has 4 aromatic rings. The number of rotatable bonds is 7. The van der Waals surface area contributed by atoms with Crippen molar-refractivity contribution in [3.05, 3.63) is 70.2 Å². The predicted molar refractivity (Wildman–Crippen MR) is 147 cm³/mol. The number of carbonyl (C=O) groups excluding carboxylic acids is 2. The molecule has 2 aliphatic rings. The van der Waals surface area contributed by atoms with E-state index in [1.54, 1.807) is 23.1 Å². The zero-order valence-electron chi connectivity index (χ0n) is 20.5. The lowest BCUT2D eigenvalue weighted by atomic mass is 10.1. The van der Waals surface area contributed by atoms with Crippen molar-refractivity contribution in [2.75, 3.05) is 31.5 Å². The summed E-state index contributed by atoms with van der Waals surface area (Å²) in [6.45, 7) is 2.47. The number of imidazole rings is 1. The van der Waals surface area contributed by atoms with Crippen LogP contribution in [0.4, 0.5) is 5.82 Å². The third kappa shape index (κ3) is 4.79. The molecule has 2 aliphatic heterocycles. The summed E-state index contributed by atoms with van der Waals surface area (Å²) in [6, 6.07) is 8.66. The zero-order chi connectivity index (χ0) is 26.2. The van der Waals surface area contributed by atoms with Crippen molar-refractivity contribution >= 4 is 62.8 Å². The van der Waals surface area contributed by atoms with Crippen LogP contribution in [-0.2, 0) is 4.79 Å². The number of amides is 2. The fourth-order valence-electron chi connectivity index (χ4n) is 5.00. The standard InChI is InChI=1S/C27H25Cl2N7O2/c28-16-5-6-20-23(12-16)34-26(32-20)21(7-11-35-10-3-4-24(35)37)33-25-18-13-19(29)17(14-22(18)30-15-31-25)27(38)36-8-1-2-9-36/h1-2,5-6,12-15,21H,3-4,7-11H2,(H,32,34)(H,30,31,33)/t21-/m0/s1. The van der Waals surface area contributed by atoms with E-state index in [1.165, 1.54) is 6.33 Å². The first-order valence-electron chi connectivity index (χ1n) is 12.5. The van der Waals surface area contributed by atoms with Gasteiger partial charge in [0.05, 0.1) is 33.2 Å². The third-order valence-electron chi connectivity index (χ3n) is 7.02. The minimum atomic E-state index is -0.288. The van der Waals surface area contributed by atoms with Gasteiger partial charge in [0, 0.05) is 43.0 Å². The Balaban J connectivity index is 1.33. The summed E-state index contributed by atoms with van der Waals surface area (Å²) >= 11 is 12.8. The van der Waals surface area contributed by atoms with E-state index in [-0.39, 0.29) is 17.9 Å². The number of anilines is 1. The van der Waals surface area contributed by atoms with Gasteiger partial charge in [0.15, 0.2) is 0 Å². The number of fused-ring (bicyclic) bond motifs is 2. The molecule has 38 heavy (non-hydrogen) atoms. The Morgan fingerprint density at radius 1 is 1.11 bits per heavy atom. The smallest absolute Gasteiger partial charge is 0.256 e. The fraction of sp³-hybridized carbons (Fsp3) is 0.296. The van der Waals surface area contributed by atoms with Gasteiger partial charge in [0.1, 0.15) is 18.0 Å². The lowest BCUT2D eigenvalue weighted by Gasteiger charge is -2.22. The van der Waals surface area contributed by atoms with Gasteiger partial charge < -0.3 is 20.1 Å². The number of hydrogen-bond acceptors (Lipinski definition) is 6. The van der Waals surface area contributed by atoms with Gasteiger partial charge in [-0.05, 0) is 43.2 Å². The minimum absolute atomic E-state index is 0.135. The van der Waals surface area contributed by atoms with Gasteiger partial charge in [-0.15, -0.1) is 0 Å². The molecular weight excluding hydrogens is 525 g/mol. The van der Waals surface area contributed by atoms with Crippen LogP contribution >= 0.6 is 23.2 Å². The summed E-state index contributed by atoms with van der Waals surface area (Å²) in [4.78, 5) is 45.9. The second-order valence-corrected chi connectivity index (χ2v) is 10.4. The first-order valence-corrected chi connectivity index (χ1v) is 13.3. The Labute approximate surface area is 228 Å². The number of benzene rings is 2. The van der Waals surface area contributed by atoms with Crippen molar-refractivity contribution < 1.29 is 9.59 Å². The zero-order valence-corrected chi connectivity index (χ0v) is 22.0. The number of aromatic amines is 1. The van der Waals surface area contributed by atoms with Crippen LogP contribution in [0.2, 0.25) is 10.0 Å². The number of aromatic nitrogens is 4. The van der Waals surface area contributed by atoms with E-state index in [4.69, 9.17) is 28.2 Å². The van der Waals surface area contributed by atoms with Gasteiger partial charge in [-0.25, -0.2) is 15.0 Å². The molecular formula is C27H25Cl2N7O2. The van der Waals surface area contributed by atoms with E-state index in [2.05, 4.69) is 20.3 Å². The van der Waals surface area contributed by atoms with E-state index in [0.717, 1.165) is 24.0 Å². The molecule has 194 valence electrons. The Hall–Kier alpha value is -3.69. The van der Waals surface area contributed by atoms with Gasteiger partial charge in [-0.1, -0.05) is 35.4 Å². The Morgan fingerprint density at radius 3 is 2.74 bits per heavy atom. The van der Waals surface area contributed by atoms with E-state index in [1.807, 2.05) is 29.2 Å². The topological polar surface area (TPSA) is 107 Å². The summed E-state index contributed by atoms with van der Waals surface area (Å²) < 4.78 is 0. The summed E-state index contributed by atoms with van der Waals surface area (Å²) in [5.41, 5.74) is 2.63. The molecule has 6 rings (SSSR count). The molecule has 0 spiro atoms. The SMILES string of the molecule is O=C1CCCN1CC[C@H](Nc1ncnc2cc(C(=O)N3CC=CC3)c(Cl)cc12)c1nc2ccc(Cl)cc2[nH]1. The molecule has 0 unspecified atom stereocenters. The third-order valence-corrected chi connectivity index (χ3v) is 7.57. The average molecular weight is 550 g/mol. The van der Waals surface area contributed by atoms with Crippen LogP contribution < -0.4 is 5.32 Å². The molecule has 4 heterocycles. The van der Waals surface area contributed by atoms with E-state index in [9.17, 15) is 9.59 Å². The molecule has 2 amide bonds. The fourth-order valence-corrected chi connectivity index (χ4v) is 5.42. The molecule has 9 nitrogen and oxygen atoms in total. The van der Waals surface area contributed by atoms with Crippen molar-refractivity contribution in [3.63, 3.8) is 0 Å². The van der Waals surface area contributed by atoms with Crippen molar-refractivity contribution in [2.24, 2.45) is 0 Å². The molecule has 11 heteroatoms. The van der Waals surface area contributed by atoms with E-state index >= 15 is 0 Å². The monoisotopic (exact) mass is 549 g/mol. The highest BCUT2D eigenvalue weighted by Crippen LogP contribution is 2.31. The van der Waals surface area contributed by atoms with Crippen molar-refractivity contribution in [1.29, 1.82) is 0 Å². The molecule has 0 saturated carbocycles. The molecule has 2 aromatic heterocycles. The number of halogens is 2. The van der Waals surface area contributed by atoms with Crippen LogP contribution in [0.1, 0.15) is 41.5 Å². The molecule has 0 aliphatic carbocycles. The van der Waals surface area contributed by atoms with E-state index < -0.39 is 0 Å². The van der Waals surface area contributed by atoms with Crippen molar-refractivity contribution in [1.82, 2.24) is 29.7 Å². The number of H-pyrrole nitrogens is 1. The van der Waals surface area contributed by atoms with Crippen LogP contribution in [0.15, 0.2) is 48.8 Å². The van der Waals surface area contributed by atoms with Crippen LogP contribution in [0.25, 0.3) is 21.9 Å². The van der Waals surface area contributed by atoms with Crippen molar-refractivity contribution in [3.8, 4) is 0 Å². The number of carbonyl (C=O) groups is 2. The highest BCUT2D eigenvalue weighted by molar-refractivity contribution is 6.35. The number of nitrogens with zero attached hydrogens (tertiary/aromatic N) is 5. The lowest BCUT2D eigenvalue weighted by molar-refractivity contribution is -0.127. The molecule has 1 saturated heterocycles. The van der Waals surface area contributed by atoms with Crippen LogP contribution in [0.5, 0.6) is 0 Å². The maximum Gasteiger partial charge on any atom is 0.256 e. The Morgan fingerprint density at radius 2 is 1.95 bits per heavy atom. The van der Waals surface area contributed by atoms with E-state index in [0.29, 0.717) is 70.6 Å². The maximum atomic E-state index is 13.0. The number of nitrogens with one attached hydrogen (secondary N) is 2. The van der Waals surface area contributed by atoms with Crippen molar-refractivity contribution in [2.45, 2.75) is 25.3 Å². The Bertz CT molecular complexity index is 1580. The molecule has 2 aromatic carbocycles. The summed E-state index contributed by atoms with van der Waals surface area (Å²) in [6.07, 6.45) is 7.45. The summed E-state index contributed by atoms with van der Waals surface area (Å²) in [7, 11) is 0. The summed E-state index contributed by atoms with van der Waals surface area (Å²) in [5.74, 6) is 1.31. The second kappa shape index (κ2) is 10.2. The second-order valence-electron chi connectivity index (χ2n) is 9.51. The van der Waals surface area contributed by atoms with Gasteiger partial charge in [0.25, 0.3) is 5.91 Å². The first kappa shape index (κ1) is 24.6. The van der Waals surface area contributed by atoms with Crippen LogP contribution in [-0.4, -0.2) is 67.7 Å². The quantitative estimate of drug-likeness (QED) is 0.314. The molecule has 1 atom stereocenters. The number of hydrogen-bond donors (Lipinski definition) is 2. The maximum absolute atomic E-state index is 13.0. The van der Waals surface area contributed by atoms with Gasteiger partial charge in [-0.3, -0.25) is 9.59 Å². The van der Waals surface area contributed by atoms with Gasteiger partial charge in [-0.2, -0.15) is 0 Å². The molecule has 0 bridgehead atoms. The first-order chi connectivity index (χ1) is 18.5.